The fourth-order valence-corrected chi connectivity index (χ4v) is 25.3. The Labute approximate surface area is 703 Å². The quantitative estimate of drug-likeness (QED) is 0.0350. The molecule has 0 aliphatic heterocycles. The van der Waals surface area contributed by atoms with Crippen molar-refractivity contribution in [2.75, 3.05) is 6.16 Å². The fourth-order valence-electron chi connectivity index (χ4n) is 19.0. The van der Waals surface area contributed by atoms with Gasteiger partial charge in [0.05, 0.1) is 23.4 Å². The molecule has 3 N–H and O–H groups in total. The summed E-state index contributed by atoms with van der Waals surface area (Å²) in [6.07, 6.45) is -15.2. The third kappa shape index (κ3) is 24.9. The van der Waals surface area contributed by atoms with Crippen molar-refractivity contribution in [1.29, 1.82) is 0 Å². The molecule has 0 spiro atoms. The van der Waals surface area contributed by atoms with Gasteiger partial charge in [0.25, 0.3) is 11.2 Å². The van der Waals surface area contributed by atoms with Gasteiger partial charge >= 0.3 is 24.7 Å². The highest BCUT2D eigenvalue weighted by Gasteiger charge is 2.72. The van der Waals surface area contributed by atoms with Gasteiger partial charge in [-0.15, -0.1) is 0 Å². The van der Waals surface area contributed by atoms with E-state index in [-0.39, 0.29) is 103 Å². The van der Waals surface area contributed by atoms with Crippen molar-refractivity contribution >= 4 is 48.5 Å². The van der Waals surface area contributed by atoms with Crippen LogP contribution < -0.4 is 10.6 Å². The predicted octanol–water partition coefficient (Wildman–Crippen LogP) is 26.1. The first-order chi connectivity index (χ1) is 57.7. The van der Waals surface area contributed by atoms with Crippen LogP contribution in [0.5, 0.6) is 0 Å². The van der Waals surface area contributed by atoms with Crippen molar-refractivity contribution in [2.45, 2.75) is 346 Å². The Balaban J connectivity index is 0.000000303. The van der Waals surface area contributed by atoms with Gasteiger partial charge in [-0.05, 0) is 268 Å². The zero-order chi connectivity index (χ0) is 98.1. The third-order valence-corrected chi connectivity index (χ3v) is 35.1. The number of hydrogen-bond donors (Lipinski definition) is 3. The molecule has 658 valence electrons. The molecule has 2 aromatic rings. The van der Waals surface area contributed by atoms with Crippen LogP contribution in [0.4, 0.5) is 61.5 Å². The van der Waals surface area contributed by atoms with Crippen LogP contribution in [0.25, 0.3) is 0 Å². The lowest BCUT2D eigenvalue weighted by molar-refractivity contribution is -0.347. The molecule has 6 fully saturated rings. The molecule has 0 amide bonds. The second-order valence-electron chi connectivity index (χ2n) is 38.2. The molecule has 6 aliphatic rings. The molecule has 2 aromatic carbocycles. The molecular weight excluding hydrogens is 1590 g/mol. The number of alkyl halides is 14. The number of benzene rings is 2. The van der Waals surface area contributed by atoms with Crippen LogP contribution >= 0.6 is 7.14 Å². The summed E-state index contributed by atoms with van der Waals surface area (Å²) in [4.78, 5) is 12.9. The maximum atomic E-state index is 14.9. The highest BCUT2D eigenvalue weighted by molar-refractivity contribution is 7.78. The summed E-state index contributed by atoms with van der Waals surface area (Å²) in [5.74, 6) is -0.957. The summed E-state index contributed by atoms with van der Waals surface area (Å²) in [5, 5.41) is 32.3. The second kappa shape index (κ2) is 37.6. The normalized spacial score (nSPS) is 29.7. The molecule has 0 bridgehead atoms. The van der Waals surface area contributed by atoms with E-state index in [2.05, 4.69) is 47.0 Å². The summed E-state index contributed by atoms with van der Waals surface area (Å²) >= 11 is 0. The molecule has 26 heteroatoms. The molecule has 0 saturated heterocycles. The summed E-state index contributed by atoms with van der Waals surface area (Å²) < 4.78 is 323. The van der Waals surface area contributed by atoms with E-state index in [4.69, 9.17) is 29.7 Å². The van der Waals surface area contributed by atoms with E-state index >= 15 is 0 Å². The Morgan fingerprint density at radius 1 is 0.586 bits per heavy atom. The average molecular weight is 1740 g/mol. The first-order valence-electron chi connectivity index (χ1n) is 46.5. The maximum Gasteiger partial charge on any atom is 0.429 e. The molecule has 0 radical (unpaired) electrons. The van der Waals surface area contributed by atoms with Gasteiger partial charge in [-0.3, -0.25) is 4.79 Å². The number of aliphatic hydroxyl groups excluding tert-OH is 1. The first kappa shape index (κ1) is 82.9. The minimum atomic E-state index is -6.07. The van der Waals surface area contributed by atoms with Crippen LogP contribution in [0.3, 0.4) is 0 Å². The number of carbonyl (C=O) groups excluding carboxylic acids is 1. The monoisotopic (exact) mass is 1740 g/mol. The van der Waals surface area contributed by atoms with Gasteiger partial charge in [0, 0.05) is 58.4 Å². The Hall–Kier alpha value is -4.05. The highest BCUT2D eigenvalue weighted by Crippen LogP contribution is 2.65. The minimum absolute atomic E-state index is 0.0358. The van der Waals surface area contributed by atoms with Crippen molar-refractivity contribution in [3.63, 3.8) is 0 Å². The minimum Gasteiger partial charge on any atom is -0.413 e. The van der Waals surface area contributed by atoms with E-state index in [0.29, 0.717) is 100 Å². The van der Waals surface area contributed by atoms with E-state index in [1.54, 1.807) is 39.6 Å². The molecule has 8 rings (SSSR count). The average Bonchev–Trinajstić information content (AvgIpc) is 1.28. The van der Waals surface area contributed by atoms with Crippen molar-refractivity contribution in [2.24, 2.45) is 45.3 Å². The van der Waals surface area contributed by atoms with E-state index in [0.717, 1.165) is 27.8 Å². The summed E-state index contributed by atoms with van der Waals surface area (Å²) in [7, 11) is -11.1. The number of allylic oxidation sites excluding steroid dienone is 8. The van der Waals surface area contributed by atoms with Crippen LogP contribution in [-0.2, 0) is 22.6 Å². The van der Waals surface area contributed by atoms with E-state index in [1.165, 1.54) is 19.6 Å². The maximum absolute atomic E-state index is 14.9. The zero-order valence-corrected chi connectivity index (χ0v) is 74.1. The van der Waals surface area contributed by atoms with Gasteiger partial charge in [-0.2, -0.15) is 52.7 Å². The number of fused-ring (bicyclic) bond motifs is 2. The molecule has 8 nitrogen and oxygen atoms in total. The largest absolute Gasteiger partial charge is 0.429 e. The highest BCUT2D eigenvalue weighted by atomic mass is 31.2. The molecular formula is C90H135F14O8PSi3. The van der Waals surface area contributed by atoms with Crippen molar-refractivity contribution in [1.82, 2.24) is 0 Å². The summed E-state index contributed by atoms with van der Waals surface area (Å²) in [5.41, 5.74) is -15.3. The molecule has 6 aliphatic carbocycles. The summed E-state index contributed by atoms with van der Waals surface area (Å²) in [6.45, 7) is 22.1. The van der Waals surface area contributed by atoms with Gasteiger partial charge in [-0.1, -0.05) is 171 Å². The van der Waals surface area contributed by atoms with Crippen molar-refractivity contribution < 1.29 is 116 Å². The lowest BCUT2D eigenvalue weighted by Gasteiger charge is -2.49. The standard InChI is InChI=1S/C33H47F7O3.C30H52F6O3Si2.C27H36FO2PSi/c1-21-23(19-24(41)20-26(21)34)11-10-22-9-6-17-30(5)25(22)12-13-27(30)29(4,15-7-14-28(2,3)42)16-8-18-31(43,32(35,36)37)33(38,39)40;1-25(2,38-40(5,6)7)17-12-18-26(3,24-16-15-22-23(37)14-11-20-27(22,24)4)19-13-21-28(29(31,32)33,30(34,35)36)39-41(8,9)10;1-21-22(19-23(20-26(21)28)30-32(5,6)27(2,3)4)17-18-31(29,24-13-9-7-10-14-24)25-15-11-8-12-16-25/h8,10-11,18,24-27,41-43H,1,6-7,9,12-17,19-20H2,2-5H3;13,21-22,24H,11-12,14-20H2,1-10H3;7-17,23,26H,1,18-20H2,2-6H3/b18-8+,22-10+,23-11-;21-13+;22-17-/t24-,25?,26+,27-,29-,30+;22?,24-,26-,27+;23-,26+/m111/s1/i2D3,3D3;1D3,2D3;. The van der Waals surface area contributed by atoms with Crippen LogP contribution in [0.2, 0.25) is 57.4 Å². The SMILES string of the molecule is C=C1/C(=C\CP(=O)(c2ccccc2)c2ccccc2)C[C@@H](O[Si](C)(C)C(C)(C)C)C[C@@H]1F.[2H]C([2H])([2H])C(CCC[C@](C)(C/C=C/C(O[Si](C)(C)C)(C(F)(F)F)C(F)(F)F)[C@H]1CCC2C(=O)CCC[C@@]21C)(O[Si](C)(C)C)C([2H])([2H])[2H].[2H]C([2H])([2H])C(O)(CCC[C@](C)(C/C=C/C(O)(C(F)(F)F)C(F)(F)F)[C@H]1CCC2/C(=C/C=C3/C[C@@H](O)C[C@H](F)C3=C)CCC[C@@]21C)C([2H])([2H])[2H]. The predicted molar refractivity (Wildman–Crippen MR) is 447 cm³/mol. The Morgan fingerprint density at radius 3 is 1.53 bits per heavy atom. The Morgan fingerprint density at radius 2 is 1.05 bits per heavy atom. The molecule has 0 heterocycles. The lowest BCUT2D eigenvalue weighted by Crippen LogP contribution is -2.61. The van der Waals surface area contributed by atoms with Crippen molar-refractivity contribution in [3.05, 3.63) is 144 Å². The van der Waals surface area contributed by atoms with E-state index in [1.807, 2.05) is 86.7 Å². The number of Topliss-reactive ketones (excluding diaryl/α,β-unsaturated/α-hetero) is 1. The smallest absolute Gasteiger partial charge is 0.413 e. The summed E-state index contributed by atoms with van der Waals surface area (Å²) in [6, 6.07) is 19.2. The number of halogens is 14. The molecule has 2 unspecified atom stereocenters. The topological polar surface area (TPSA) is 123 Å². The van der Waals surface area contributed by atoms with Gasteiger partial charge in [0.15, 0.2) is 25.0 Å². The lowest BCUT2D eigenvalue weighted by atomic mass is 9.55. The molecule has 12 atom stereocenters. The van der Waals surface area contributed by atoms with E-state index in [9.17, 15) is 86.1 Å². The van der Waals surface area contributed by atoms with Crippen molar-refractivity contribution in [3.8, 4) is 0 Å². The van der Waals surface area contributed by atoms with Crippen LogP contribution in [0.1, 0.15) is 234 Å². The second-order valence-corrected chi connectivity index (χ2v) is 54.7. The number of rotatable bonds is 27. The molecule has 6 saturated carbocycles. The molecule has 116 heavy (non-hydrogen) atoms. The van der Waals surface area contributed by atoms with Gasteiger partial charge in [0.1, 0.15) is 25.3 Å². The van der Waals surface area contributed by atoms with Gasteiger partial charge in [0.2, 0.25) is 0 Å². The Bertz CT molecular complexity index is 4220. The van der Waals surface area contributed by atoms with Crippen LogP contribution in [-0.4, -0.2) is 124 Å². The molecule has 0 aromatic heterocycles. The van der Waals surface area contributed by atoms with Crippen LogP contribution in [0.15, 0.2) is 144 Å². The van der Waals surface area contributed by atoms with E-state index < -0.39 is 166 Å². The van der Waals surface area contributed by atoms with Crippen LogP contribution in [0, 0.1) is 45.3 Å². The number of carbonyl (C=O) groups is 1. The van der Waals surface area contributed by atoms with Gasteiger partial charge in [-0.25, -0.2) is 8.78 Å². The number of hydrogen-bond acceptors (Lipinski definition) is 8. The third-order valence-electron chi connectivity index (χ3n) is 25.7. The number of ketones is 1. The fraction of sp³-hybridized carbons (Fsp3) is 0.700. The number of aliphatic hydroxyl groups is 3. The first-order valence-corrected chi connectivity index (χ1v) is 52.1. The Kier molecular flexibility index (Phi) is 26.8. The zero-order valence-electron chi connectivity index (χ0n) is 82.2. The van der Waals surface area contributed by atoms with Gasteiger partial charge < -0.3 is 33.2 Å².